The van der Waals surface area contributed by atoms with E-state index in [9.17, 15) is 9.59 Å². The Bertz CT molecular complexity index is 645. The van der Waals surface area contributed by atoms with Crippen LogP contribution in [0, 0.1) is 5.92 Å². The van der Waals surface area contributed by atoms with Gasteiger partial charge in [0.2, 0.25) is 5.91 Å². The van der Waals surface area contributed by atoms with Gasteiger partial charge >= 0.3 is 6.03 Å². The van der Waals surface area contributed by atoms with Gasteiger partial charge in [-0.3, -0.25) is 4.79 Å². The molecule has 0 aliphatic carbocycles. The Morgan fingerprint density at radius 1 is 1.08 bits per heavy atom. The first-order valence-corrected chi connectivity index (χ1v) is 9.71. The number of rotatable bonds is 4. The number of urea groups is 1. The molecule has 1 aromatic rings. The Labute approximate surface area is 154 Å². The molecule has 0 spiro atoms. The molecular weight excluding hydrogens is 330 g/mol. The van der Waals surface area contributed by atoms with Crippen LogP contribution >= 0.6 is 0 Å². The summed E-state index contributed by atoms with van der Waals surface area (Å²) in [5.41, 5.74) is 1.21. The standard InChI is InChI=1S/C20H27N3O3/c24-19(22-10-4-5-11-22)17-12-16-13-23(14-18(17)26-16)20(25)21-9-8-15-6-2-1-3-7-15/h1-3,6-7,16-18H,4-5,8-14H2,(H,21,25)/t16-,17-,18-/m0/s1. The van der Waals surface area contributed by atoms with Crippen LogP contribution < -0.4 is 5.32 Å². The van der Waals surface area contributed by atoms with Gasteiger partial charge in [0.1, 0.15) is 0 Å². The molecule has 3 saturated heterocycles. The second-order valence-corrected chi connectivity index (χ2v) is 7.54. The van der Waals surface area contributed by atoms with Gasteiger partial charge in [0.25, 0.3) is 0 Å². The third-order valence-electron chi connectivity index (χ3n) is 5.71. The SMILES string of the molecule is O=C(NCCc1ccccc1)N1C[C@@H]2C[C@H](C(=O)N3CCCC3)[C@H](C1)O2. The molecule has 0 aromatic heterocycles. The lowest BCUT2D eigenvalue weighted by Gasteiger charge is -2.33. The zero-order valence-corrected chi connectivity index (χ0v) is 15.1. The van der Waals surface area contributed by atoms with E-state index in [0.29, 0.717) is 19.6 Å². The summed E-state index contributed by atoms with van der Waals surface area (Å²) in [6.07, 6.45) is 3.60. The fourth-order valence-corrected chi connectivity index (χ4v) is 4.33. The lowest BCUT2D eigenvalue weighted by atomic mass is 9.99. The molecule has 2 bridgehead atoms. The molecule has 3 amide bonds. The Morgan fingerprint density at radius 3 is 2.62 bits per heavy atom. The normalized spacial score (nSPS) is 27.6. The summed E-state index contributed by atoms with van der Waals surface area (Å²) < 4.78 is 5.98. The van der Waals surface area contributed by atoms with Crippen LogP contribution in [-0.2, 0) is 16.0 Å². The van der Waals surface area contributed by atoms with Crippen molar-refractivity contribution in [2.45, 2.75) is 37.9 Å². The van der Waals surface area contributed by atoms with Crippen LogP contribution in [0.4, 0.5) is 4.79 Å². The molecule has 3 atom stereocenters. The number of amides is 3. The Kier molecular flexibility index (Phi) is 5.11. The number of benzene rings is 1. The molecule has 4 rings (SSSR count). The highest BCUT2D eigenvalue weighted by molar-refractivity contribution is 5.80. The number of carbonyl (C=O) groups is 2. The largest absolute Gasteiger partial charge is 0.370 e. The fourth-order valence-electron chi connectivity index (χ4n) is 4.33. The maximum absolute atomic E-state index is 12.7. The highest BCUT2D eigenvalue weighted by Gasteiger charge is 2.47. The Hall–Kier alpha value is -2.08. The molecule has 6 heteroatoms. The number of nitrogens with one attached hydrogen (secondary N) is 1. The molecule has 3 aliphatic rings. The lowest BCUT2D eigenvalue weighted by molar-refractivity contribution is -0.137. The second-order valence-electron chi connectivity index (χ2n) is 7.54. The first-order chi connectivity index (χ1) is 12.7. The van der Waals surface area contributed by atoms with Crippen molar-refractivity contribution in [3.05, 3.63) is 35.9 Å². The van der Waals surface area contributed by atoms with E-state index in [1.807, 2.05) is 28.0 Å². The van der Waals surface area contributed by atoms with Gasteiger partial charge in [-0.2, -0.15) is 0 Å². The topological polar surface area (TPSA) is 61.9 Å². The first kappa shape index (κ1) is 17.3. The van der Waals surface area contributed by atoms with Gasteiger partial charge in [-0.05, 0) is 31.2 Å². The molecule has 0 saturated carbocycles. The minimum Gasteiger partial charge on any atom is -0.370 e. The molecule has 6 nitrogen and oxygen atoms in total. The number of likely N-dealkylation sites (tertiary alicyclic amines) is 2. The van der Waals surface area contributed by atoms with Crippen molar-refractivity contribution >= 4 is 11.9 Å². The van der Waals surface area contributed by atoms with Crippen molar-refractivity contribution in [1.29, 1.82) is 0 Å². The van der Waals surface area contributed by atoms with E-state index < -0.39 is 0 Å². The van der Waals surface area contributed by atoms with Crippen molar-refractivity contribution in [2.75, 3.05) is 32.7 Å². The maximum atomic E-state index is 12.7. The molecular formula is C20H27N3O3. The average molecular weight is 357 g/mol. The number of ether oxygens (including phenoxy) is 1. The predicted octanol–water partition coefficient (Wildman–Crippen LogP) is 1.65. The third-order valence-corrected chi connectivity index (χ3v) is 5.71. The fraction of sp³-hybridized carbons (Fsp3) is 0.600. The molecule has 1 N–H and O–H groups in total. The molecule has 3 aliphatic heterocycles. The minimum atomic E-state index is -0.151. The van der Waals surface area contributed by atoms with Crippen LogP contribution in [0.2, 0.25) is 0 Å². The Morgan fingerprint density at radius 2 is 1.85 bits per heavy atom. The summed E-state index contributed by atoms with van der Waals surface area (Å²) in [4.78, 5) is 29.0. The van der Waals surface area contributed by atoms with E-state index in [0.717, 1.165) is 38.8 Å². The quantitative estimate of drug-likeness (QED) is 0.891. The summed E-state index contributed by atoms with van der Waals surface area (Å²) in [5, 5.41) is 3.01. The highest BCUT2D eigenvalue weighted by atomic mass is 16.5. The molecule has 140 valence electrons. The summed E-state index contributed by atoms with van der Waals surface area (Å²) in [5.74, 6) is 0.140. The molecule has 0 unspecified atom stereocenters. The van der Waals surface area contributed by atoms with Crippen molar-refractivity contribution in [3.8, 4) is 0 Å². The summed E-state index contributed by atoms with van der Waals surface area (Å²) in [6.45, 7) is 3.45. The van der Waals surface area contributed by atoms with E-state index >= 15 is 0 Å². The van der Waals surface area contributed by atoms with Crippen LogP contribution in [0.5, 0.6) is 0 Å². The van der Waals surface area contributed by atoms with Gasteiger partial charge in [0.05, 0.1) is 18.1 Å². The smallest absolute Gasteiger partial charge is 0.317 e. The molecule has 3 heterocycles. The zero-order chi connectivity index (χ0) is 17.9. The lowest BCUT2D eigenvalue weighted by Crippen LogP contribution is -2.51. The number of carbonyl (C=O) groups excluding carboxylic acids is 2. The average Bonchev–Trinajstić information content (AvgIpc) is 3.30. The number of hydrogen-bond donors (Lipinski definition) is 1. The maximum Gasteiger partial charge on any atom is 0.317 e. The van der Waals surface area contributed by atoms with Gasteiger partial charge in [-0.1, -0.05) is 30.3 Å². The van der Waals surface area contributed by atoms with E-state index in [4.69, 9.17) is 4.74 Å². The molecule has 3 fully saturated rings. The second kappa shape index (κ2) is 7.66. The van der Waals surface area contributed by atoms with Gasteiger partial charge in [0.15, 0.2) is 0 Å². The van der Waals surface area contributed by atoms with Crippen LogP contribution in [0.1, 0.15) is 24.8 Å². The van der Waals surface area contributed by atoms with Gasteiger partial charge in [0, 0.05) is 32.7 Å². The van der Waals surface area contributed by atoms with Crippen molar-refractivity contribution in [3.63, 3.8) is 0 Å². The summed E-state index contributed by atoms with van der Waals surface area (Å²) in [6, 6.07) is 10.1. The Balaban J connectivity index is 1.28. The van der Waals surface area contributed by atoms with Gasteiger partial charge in [-0.25, -0.2) is 4.79 Å². The molecule has 26 heavy (non-hydrogen) atoms. The minimum absolute atomic E-state index is 0.00910. The molecule has 1 aromatic carbocycles. The van der Waals surface area contributed by atoms with Gasteiger partial charge < -0.3 is 19.9 Å². The van der Waals surface area contributed by atoms with Crippen molar-refractivity contribution < 1.29 is 14.3 Å². The predicted molar refractivity (Wildman–Crippen MR) is 97.7 cm³/mol. The van der Waals surface area contributed by atoms with Gasteiger partial charge in [-0.15, -0.1) is 0 Å². The monoisotopic (exact) mass is 357 g/mol. The highest BCUT2D eigenvalue weighted by Crippen LogP contribution is 2.33. The zero-order valence-electron chi connectivity index (χ0n) is 15.1. The number of nitrogens with zero attached hydrogens (tertiary/aromatic N) is 2. The van der Waals surface area contributed by atoms with E-state index in [2.05, 4.69) is 17.4 Å². The van der Waals surface area contributed by atoms with Crippen LogP contribution in [-0.4, -0.2) is 66.7 Å². The summed E-state index contributed by atoms with van der Waals surface area (Å²) >= 11 is 0. The van der Waals surface area contributed by atoms with E-state index in [-0.39, 0.29) is 30.1 Å². The van der Waals surface area contributed by atoms with E-state index in [1.54, 1.807) is 0 Å². The van der Waals surface area contributed by atoms with Crippen LogP contribution in [0.25, 0.3) is 0 Å². The van der Waals surface area contributed by atoms with Crippen LogP contribution in [0.3, 0.4) is 0 Å². The first-order valence-electron chi connectivity index (χ1n) is 9.71. The number of fused-ring (bicyclic) bond motifs is 2. The van der Waals surface area contributed by atoms with Crippen molar-refractivity contribution in [1.82, 2.24) is 15.1 Å². The number of morpholine rings is 1. The van der Waals surface area contributed by atoms with Crippen LogP contribution in [0.15, 0.2) is 30.3 Å². The number of hydrogen-bond acceptors (Lipinski definition) is 3. The van der Waals surface area contributed by atoms with E-state index in [1.165, 1.54) is 5.56 Å². The van der Waals surface area contributed by atoms with Crippen molar-refractivity contribution in [2.24, 2.45) is 5.92 Å². The third kappa shape index (κ3) is 3.70. The molecule has 0 radical (unpaired) electrons. The summed E-state index contributed by atoms with van der Waals surface area (Å²) in [7, 11) is 0.